The van der Waals surface area contributed by atoms with Gasteiger partial charge in [-0.1, -0.05) is 12.1 Å². The summed E-state index contributed by atoms with van der Waals surface area (Å²) in [6.45, 7) is 0. The van der Waals surface area contributed by atoms with E-state index in [1.807, 2.05) is 24.3 Å². The molecule has 1 aromatic heterocycles. The van der Waals surface area contributed by atoms with Crippen LogP contribution in [0.15, 0.2) is 35.3 Å². The van der Waals surface area contributed by atoms with Crippen molar-refractivity contribution in [3.8, 4) is 17.1 Å². The molecular formula is C12H13N3O2. The van der Waals surface area contributed by atoms with Gasteiger partial charge in [0.15, 0.2) is 0 Å². The molecule has 1 heterocycles. The van der Waals surface area contributed by atoms with Crippen LogP contribution in [0, 0.1) is 0 Å². The summed E-state index contributed by atoms with van der Waals surface area (Å²) in [5.74, 6) is 1.17. The van der Waals surface area contributed by atoms with Crippen LogP contribution in [0.5, 0.6) is 5.75 Å². The Bertz CT molecular complexity index is 578. The minimum Gasteiger partial charge on any atom is -0.496 e. The summed E-state index contributed by atoms with van der Waals surface area (Å²) >= 11 is 0. The monoisotopic (exact) mass is 231 g/mol. The van der Waals surface area contributed by atoms with Crippen LogP contribution >= 0.6 is 0 Å². The highest BCUT2D eigenvalue weighted by atomic mass is 16.5. The van der Waals surface area contributed by atoms with Gasteiger partial charge in [-0.25, -0.2) is 4.98 Å². The van der Waals surface area contributed by atoms with Gasteiger partial charge in [0.05, 0.1) is 18.9 Å². The van der Waals surface area contributed by atoms with Crippen LogP contribution in [0.3, 0.4) is 0 Å². The standard InChI is InChI=1S/C12H13N3O2/c1-13-9-7-14-11(15-12(9)16)8-5-3-4-6-10(8)17-2/h3-7,13H,1-2H3,(H,14,15,16). The van der Waals surface area contributed by atoms with Crippen molar-refractivity contribution < 1.29 is 4.74 Å². The smallest absolute Gasteiger partial charge is 0.274 e. The molecule has 88 valence electrons. The quantitative estimate of drug-likeness (QED) is 0.839. The minimum atomic E-state index is -0.205. The molecule has 0 atom stereocenters. The van der Waals surface area contributed by atoms with E-state index in [0.717, 1.165) is 5.56 Å². The molecule has 0 aliphatic rings. The molecule has 5 heteroatoms. The Labute approximate surface area is 98.5 Å². The summed E-state index contributed by atoms with van der Waals surface area (Å²) in [5.41, 5.74) is 0.988. The van der Waals surface area contributed by atoms with Gasteiger partial charge in [-0.15, -0.1) is 0 Å². The molecule has 2 rings (SSSR count). The molecule has 0 spiro atoms. The molecular weight excluding hydrogens is 218 g/mol. The molecule has 0 bridgehead atoms. The number of anilines is 1. The van der Waals surface area contributed by atoms with E-state index in [0.29, 0.717) is 17.3 Å². The number of H-pyrrole nitrogens is 1. The first kappa shape index (κ1) is 11.2. The number of aromatic amines is 1. The van der Waals surface area contributed by atoms with Crippen molar-refractivity contribution in [3.05, 3.63) is 40.8 Å². The fraction of sp³-hybridized carbons (Fsp3) is 0.167. The number of ether oxygens (including phenoxy) is 1. The van der Waals surface area contributed by atoms with Gasteiger partial charge < -0.3 is 15.0 Å². The van der Waals surface area contributed by atoms with Crippen molar-refractivity contribution in [1.82, 2.24) is 9.97 Å². The maximum atomic E-state index is 11.6. The van der Waals surface area contributed by atoms with Crippen LogP contribution in [0.25, 0.3) is 11.4 Å². The van der Waals surface area contributed by atoms with E-state index in [1.165, 1.54) is 6.20 Å². The van der Waals surface area contributed by atoms with Crippen LogP contribution in [0.1, 0.15) is 0 Å². The number of benzene rings is 1. The number of rotatable bonds is 3. The van der Waals surface area contributed by atoms with E-state index in [-0.39, 0.29) is 5.56 Å². The molecule has 0 radical (unpaired) electrons. The van der Waals surface area contributed by atoms with Gasteiger partial charge in [-0.3, -0.25) is 4.79 Å². The topological polar surface area (TPSA) is 67.0 Å². The third-order valence-corrected chi connectivity index (χ3v) is 2.43. The lowest BCUT2D eigenvalue weighted by Gasteiger charge is -2.07. The Kier molecular flexibility index (Phi) is 3.09. The van der Waals surface area contributed by atoms with Crippen molar-refractivity contribution in [2.24, 2.45) is 0 Å². The van der Waals surface area contributed by atoms with Gasteiger partial charge in [-0.05, 0) is 12.1 Å². The van der Waals surface area contributed by atoms with Crippen LogP contribution in [0.2, 0.25) is 0 Å². The highest BCUT2D eigenvalue weighted by Crippen LogP contribution is 2.25. The molecule has 1 aromatic carbocycles. The lowest BCUT2D eigenvalue weighted by atomic mass is 10.2. The lowest BCUT2D eigenvalue weighted by Crippen LogP contribution is -2.13. The Hall–Kier alpha value is -2.30. The fourth-order valence-electron chi connectivity index (χ4n) is 1.55. The van der Waals surface area contributed by atoms with Gasteiger partial charge in [-0.2, -0.15) is 0 Å². The summed E-state index contributed by atoms with van der Waals surface area (Å²) in [7, 11) is 3.26. The van der Waals surface area contributed by atoms with E-state index in [4.69, 9.17) is 4.74 Å². The average molecular weight is 231 g/mol. The predicted molar refractivity (Wildman–Crippen MR) is 66.4 cm³/mol. The second-order valence-electron chi connectivity index (χ2n) is 3.42. The predicted octanol–water partition coefficient (Wildman–Crippen LogP) is 1.49. The van der Waals surface area contributed by atoms with E-state index in [1.54, 1.807) is 14.2 Å². The second kappa shape index (κ2) is 4.69. The van der Waals surface area contributed by atoms with E-state index in [9.17, 15) is 4.79 Å². The Morgan fingerprint density at radius 2 is 2.12 bits per heavy atom. The molecule has 0 unspecified atom stereocenters. The van der Waals surface area contributed by atoms with Crippen molar-refractivity contribution >= 4 is 5.69 Å². The zero-order valence-corrected chi connectivity index (χ0v) is 9.65. The molecule has 5 nitrogen and oxygen atoms in total. The van der Waals surface area contributed by atoms with Crippen LogP contribution < -0.4 is 15.6 Å². The second-order valence-corrected chi connectivity index (χ2v) is 3.42. The minimum absolute atomic E-state index is 0.205. The first-order valence-corrected chi connectivity index (χ1v) is 5.16. The van der Waals surface area contributed by atoms with Crippen molar-refractivity contribution in [1.29, 1.82) is 0 Å². The maximum Gasteiger partial charge on any atom is 0.274 e. The van der Waals surface area contributed by atoms with Gasteiger partial charge in [0.2, 0.25) is 0 Å². The number of hydrogen-bond acceptors (Lipinski definition) is 4. The summed E-state index contributed by atoms with van der Waals surface area (Å²) < 4.78 is 5.22. The zero-order valence-electron chi connectivity index (χ0n) is 9.65. The summed E-state index contributed by atoms with van der Waals surface area (Å²) in [6.07, 6.45) is 1.50. The summed E-state index contributed by atoms with van der Waals surface area (Å²) in [6, 6.07) is 7.39. The Balaban J connectivity index is 2.53. The number of hydrogen-bond donors (Lipinski definition) is 2. The third-order valence-electron chi connectivity index (χ3n) is 2.43. The number of aromatic nitrogens is 2. The molecule has 0 aliphatic carbocycles. The van der Waals surface area contributed by atoms with E-state index < -0.39 is 0 Å². The largest absolute Gasteiger partial charge is 0.496 e. The molecule has 2 N–H and O–H groups in total. The Morgan fingerprint density at radius 1 is 1.35 bits per heavy atom. The van der Waals surface area contributed by atoms with Crippen LogP contribution in [0.4, 0.5) is 5.69 Å². The lowest BCUT2D eigenvalue weighted by molar-refractivity contribution is 0.416. The molecule has 0 saturated carbocycles. The third kappa shape index (κ3) is 2.13. The average Bonchev–Trinajstić information content (AvgIpc) is 2.38. The normalized spacial score (nSPS) is 10.0. The number of nitrogens with zero attached hydrogens (tertiary/aromatic N) is 1. The fourth-order valence-corrected chi connectivity index (χ4v) is 1.55. The number of methoxy groups -OCH3 is 1. The van der Waals surface area contributed by atoms with Crippen molar-refractivity contribution in [2.75, 3.05) is 19.5 Å². The summed E-state index contributed by atoms with van der Waals surface area (Å²) in [4.78, 5) is 18.5. The highest BCUT2D eigenvalue weighted by Gasteiger charge is 2.08. The van der Waals surface area contributed by atoms with E-state index >= 15 is 0 Å². The molecule has 0 saturated heterocycles. The molecule has 0 aliphatic heterocycles. The van der Waals surface area contributed by atoms with Crippen LogP contribution in [-0.2, 0) is 0 Å². The maximum absolute atomic E-state index is 11.6. The first-order chi connectivity index (χ1) is 8.26. The number of para-hydroxylation sites is 1. The Morgan fingerprint density at radius 3 is 2.76 bits per heavy atom. The van der Waals surface area contributed by atoms with Crippen LogP contribution in [-0.4, -0.2) is 24.1 Å². The van der Waals surface area contributed by atoms with Gasteiger partial charge >= 0.3 is 0 Å². The first-order valence-electron chi connectivity index (χ1n) is 5.16. The molecule has 0 fully saturated rings. The SMILES string of the molecule is CNc1cnc(-c2ccccc2OC)[nH]c1=O. The van der Waals surface area contributed by atoms with E-state index in [2.05, 4.69) is 15.3 Å². The van der Waals surface area contributed by atoms with Gasteiger partial charge in [0.1, 0.15) is 17.3 Å². The van der Waals surface area contributed by atoms with Crippen molar-refractivity contribution in [3.63, 3.8) is 0 Å². The highest BCUT2D eigenvalue weighted by molar-refractivity contribution is 5.64. The zero-order chi connectivity index (χ0) is 12.3. The summed E-state index contributed by atoms with van der Waals surface area (Å²) in [5, 5.41) is 2.77. The van der Waals surface area contributed by atoms with Crippen molar-refractivity contribution in [2.45, 2.75) is 0 Å². The van der Waals surface area contributed by atoms with Gasteiger partial charge in [0.25, 0.3) is 5.56 Å². The van der Waals surface area contributed by atoms with Gasteiger partial charge in [0, 0.05) is 7.05 Å². The molecule has 0 amide bonds. The number of nitrogens with one attached hydrogen (secondary N) is 2. The molecule has 17 heavy (non-hydrogen) atoms. The molecule has 2 aromatic rings.